The number of hydrogen-bond acceptors (Lipinski definition) is 4. The number of carbonyl (C=O) groups excluding carboxylic acids is 3. The average molecular weight is 418 g/mol. The number of carbonyl (C=O) groups is 3. The quantitative estimate of drug-likeness (QED) is 0.693. The fourth-order valence-corrected chi connectivity index (χ4v) is 5.41. The summed E-state index contributed by atoms with van der Waals surface area (Å²) in [4.78, 5) is 41.1. The normalized spacial score (nSPS) is 24.5. The number of hydrogen-bond donors (Lipinski definition) is 0. The smallest absolute Gasteiger partial charge is 0.334 e. The molecule has 0 bridgehead atoms. The van der Waals surface area contributed by atoms with Crippen LogP contribution < -0.4 is 4.90 Å². The molecule has 0 N–H and O–H groups in total. The number of rotatable bonds is 4. The molecular weight excluding hydrogens is 390 g/mol. The minimum Gasteiger partial charge on any atom is -0.463 e. The molecule has 2 aliphatic rings. The second-order valence-corrected chi connectivity index (χ2v) is 8.50. The van der Waals surface area contributed by atoms with Gasteiger partial charge in [0.25, 0.3) is 0 Å². The van der Waals surface area contributed by atoms with E-state index in [0.717, 1.165) is 11.1 Å². The summed E-state index contributed by atoms with van der Waals surface area (Å²) in [7, 11) is 0. The summed E-state index contributed by atoms with van der Waals surface area (Å²) in [6, 6.07) is 17.0. The molecule has 1 aliphatic carbocycles. The molecule has 0 unspecified atom stereocenters. The largest absolute Gasteiger partial charge is 0.463 e. The lowest BCUT2D eigenvalue weighted by Gasteiger charge is -2.38. The van der Waals surface area contributed by atoms with Gasteiger partial charge < -0.3 is 4.74 Å². The predicted octanol–water partition coefficient (Wildman–Crippen LogP) is 4.38. The van der Waals surface area contributed by atoms with E-state index >= 15 is 0 Å². The Hall–Kier alpha value is -3.21. The van der Waals surface area contributed by atoms with Crippen molar-refractivity contribution in [3.63, 3.8) is 0 Å². The third-order valence-corrected chi connectivity index (χ3v) is 6.48. The van der Waals surface area contributed by atoms with E-state index in [2.05, 4.69) is 0 Å². The summed E-state index contributed by atoms with van der Waals surface area (Å²) in [5.41, 5.74) is 1.65. The van der Waals surface area contributed by atoms with Crippen molar-refractivity contribution in [1.82, 2.24) is 0 Å². The van der Waals surface area contributed by atoms with E-state index in [-0.39, 0.29) is 30.3 Å². The van der Waals surface area contributed by atoms with E-state index in [0.29, 0.717) is 11.3 Å². The fraction of sp³-hybridized carbons (Fsp3) is 0.346. The minimum atomic E-state index is -1.08. The third kappa shape index (κ3) is 2.94. The van der Waals surface area contributed by atoms with Crippen molar-refractivity contribution in [2.45, 2.75) is 39.0 Å². The van der Waals surface area contributed by atoms with E-state index in [1.807, 2.05) is 74.5 Å². The Bertz CT molecular complexity index is 1070. The number of imide groups is 1. The molecule has 0 radical (unpaired) electrons. The van der Waals surface area contributed by atoms with Gasteiger partial charge in [-0.15, -0.1) is 0 Å². The van der Waals surface area contributed by atoms with Crippen LogP contribution in [0.25, 0.3) is 0 Å². The molecule has 0 saturated heterocycles. The predicted molar refractivity (Wildman–Crippen MR) is 119 cm³/mol. The molecule has 160 valence electrons. The molecule has 0 saturated carbocycles. The van der Waals surface area contributed by atoms with Crippen molar-refractivity contribution in [3.05, 3.63) is 77.4 Å². The maximum absolute atomic E-state index is 14.2. The van der Waals surface area contributed by atoms with E-state index < -0.39 is 17.3 Å². The van der Waals surface area contributed by atoms with Gasteiger partial charge in [-0.1, -0.05) is 68.5 Å². The van der Waals surface area contributed by atoms with Crippen LogP contribution in [0, 0.1) is 11.8 Å². The highest BCUT2D eigenvalue weighted by molar-refractivity contribution is 6.24. The second-order valence-electron chi connectivity index (χ2n) is 8.50. The van der Waals surface area contributed by atoms with Gasteiger partial charge in [0.2, 0.25) is 11.8 Å². The van der Waals surface area contributed by atoms with Crippen LogP contribution in [0.5, 0.6) is 0 Å². The van der Waals surface area contributed by atoms with Gasteiger partial charge in [0, 0.05) is 18.4 Å². The molecule has 2 aromatic carbocycles. The molecule has 5 heteroatoms. The van der Waals surface area contributed by atoms with Gasteiger partial charge in [-0.25, -0.2) is 9.69 Å². The van der Waals surface area contributed by atoms with Gasteiger partial charge in [-0.2, -0.15) is 0 Å². The maximum Gasteiger partial charge on any atom is 0.334 e. The molecule has 2 amide bonds. The highest BCUT2D eigenvalue weighted by Crippen LogP contribution is 2.62. The van der Waals surface area contributed by atoms with Crippen LogP contribution in [-0.4, -0.2) is 24.4 Å². The number of anilines is 1. The number of ether oxygens (including phenoxy) is 1. The van der Waals surface area contributed by atoms with Crippen LogP contribution in [0.2, 0.25) is 0 Å². The van der Waals surface area contributed by atoms with Crippen LogP contribution in [-0.2, 0) is 24.5 Å². The zero-order valence-electron chi connectivity index (χ0n) is 18.3. The summed E-state index contributed by atoms with van der Waals surface area (Å²) < 4.78 is 5.41. The molecule has 3 atom stereocenters. The van der Waals surface area contributed by atoms with Gasteiger partial charge in [0.1, 0.15) is 0 Å². The first kappa shape index (κ1) is 21.0. The molecular formula is C26H27NO4. The van der Waals surface area contributed by atoms with Gasteiger partial charge in [0.15, 0.2) is 0 Å². The molecule has 2 aromatic rings. The number of allylic oxidation sites excluding steroid dienone is 1. The number of amides is 2. The number of nitrogens with zero attached hydrogens (tertiary/aromatic N) is 1. The Balaban J connectivity index is 2.05. The van der Waals surface area contributed by atoms with Crippen LogP contribution in [0.4, 0.5) is 5.69 Å². The van der Waals surface area contributed by atoms with Crippen molar-refractivity contribution in [2.75, 3.05) is 11.5 Å². The Morgan fingerprint density at radius 1 is 1.06 bits per heavy atom. The standard InChI is InChI=1S/C26H27NO4/c1-5-31-24(29)19-15-21(16(2)3)26(23(19)18-11-7-6-8-12-18)20-13-9-10-14-22(20)27(17(4)28)25(26)30/h6-16,21,23H,5H2,1-4H3/t21-,23-,26-/m0/s1. The number of fused-ring (bicyclic) bond motifs is 2. The summed E-state index contributed by atoms with van der Waals surface area (Å²) in [5, 5.41) is 0. The first-order valence-electron chi connectivity index (χ1n) is 10.7. The van der Waals surface area contributed by atoms with Gasteiger partial charge in [-0.05, 0) is 36.0 Å². The minimum absolute atomic E-state index is 0.0575. The Labute approximate surface area is 182 Å². The van der Waals surface area contributed by atoms with Crippen LogP contribution in [0.1, 0.15) is 44.7 Å². The van der Waals surface area contributed by atoms with Gasteiger partial charge >= 0.3 is 5.97 Å². The Kier molecular flexibility index (Phi) is 5.29. The zero-order valence-corrected chi connectivity index (χ0v) is 18.3. The topological polar surface area (TPSA) is 63.7 Å². The maximum atomic E-state index is 14.2. The van der Waals surface area contributed by atoms with E-state index in [9.17, 15) is 14.4 Å². The number of esters is 1. The summed E-state index contributed by atoms with van der Waals surface area (Å²) in [6.45, 7) is 7.52. The number of benzene rings is 2. The van der Waals surface area contributed by atoms with E-state index in [1.165, 1.54) is 11.8 Å². The van der Waals surface area contributed by atoms with E-state index in [4.69, 9.17) is 4.74 Å². The molecule has 0 aromatic heterocycles. The molecule has 31 heavy (non-hydrogen) atoms. The van der Waals surface area contributed by atoms with Gasteiger partial charge in [0.05, 0.1) is 17.7 Å². The monoisotopic (exact) mass is 417 g/mol. The number of para-hydroxylation sites is 1. The van der Waals surface area contributed by atoms with Crippen molar-refractivity contribution < 1.29 is 19.1 Å². The van der Waals surface area contributed by atoms with E-state index in [1.54, 1.807) is 6.92 Å². The molecule has 1 heterocycles. The van der Waals surface area contributed by atoms with Crippen molar-refractivity contribution in [2.24, 2.45) is 11.8 Å². The summed E-state index contributed by atoms with van der Waals surface area (Å²) in [6.07, 6.45) is 1.92. The molecule has 0 fully saturated rings. The van der Waals surface area contributed by atoms with Crippen LogP contribution in [0.3, 0.4) is 0 Å². The lowest BCUT2D eigenvalue weighted by molar-refractivity contribution is -0.138. The molecule has 4 rings (SSSR count). The van der Waals surface area contributed by atoms with Crippen molar-refractivity contribution in [1.29, 1.82) is 0 Å². The first-order valence-corrected chi connectivity index (χ1v) is 10.7. The Morgan fingerprint density at radius 3 is 2.32 bits per heavy atom. The van der Waals surface area contributed by atoms with Crippen LogP contribution in [0.15, 0.2) is 66.2 Å². The van der Waals surface area contributed by atoms with Crippen molar-refractivity contribution >= 4 is 23.5 Å². The van der Waals surface area contributed by atoms with Gasteiger partial charge in [-0.3, -0.25) is 9.59 Å². The molecule has 5 nitrogen and oxygen atoms in total. The SMILES string of the molecule is CCOC(=O)C1=C[C@@H](C(C)C)[C@]2(C(=O)N(C(C)=O)c3ccccc32)[C@H]1c1ccccc1. The lowest BCUT2D eigenvalue weighted by atomic mass is 9.61. The van der Waals surface area contributed by atoms with Crippen molar-refractivity contribution in [3.8, 4) is 0 Å². The zero-order chi connectivity index (χ0) is 22.3. The molecule has 1 aliphatic heterocycles. The third-order valence-electron chi connectivity index (χ3n) is 6.48. The Morgan fingerprint density at radius 2 is 1.71 bits per heavy atom. The molecule has 1 spiro atoms. The summed E-state index contributed by atoms with van der Waals surface area (Å²) >= 11 is 0. The fourth-order valence-electron chi connectivity index (χ4n) is 5.41. The lowest BCUT2D eigenvalue weighted by Crippen LogP contribution is -2.50. The highest BCUT2D eigenvalue weighted by Gasteiger charge is 2.65. The second kappa shape index (κ2) is 7.80. The average Bonchev–Trinajstić information content (AvgIpc) is 3.24. The summed E-state index contributed by atoms with van der Waals surface area (Å²) in [5.74, 6) is -1.77. The van der Waals surface area contributed by atoms with Crippen LogP contribution >= 0.6 is 0 Å². The first-order chi connectivity index (χ1) is 14.9. The highest BCUT2D eigenvalue weighted by atomic mass is 16.5.